The molecule has 2 aromatic heterocycles. The van der Waals surface area contributed by atoms with Gasteiger partial charge in [-0.1, -0.05) is 11.6 Å². The van der Waals surface area contributed by atoms with Crippen molar-refractivity contribution in [2.45, 2.75) is 13.0 Å². The van der Waals surface area contributed by atoms with Gasteiger partial charge in [0.25, 0.3) is 0 Å². The van der Waals surface area contributed by atoms with Crippen molar-refractivity contribution < 1.29 is 9.15 Å². The van der Waals surface area contributed by atoms with Crippen LogP contribution >= 0.6 is 27.5 Å². The monoisotopic (exact) mass is 314 g/mol. The summed E-state index contributed by atoms with van der Waals surface area (Å²) < 4.78 is 11.4. The van der Waals surface area contributed by atoms with Crippen molar-refractivity contribution in [2.75, 3.05) is 6.61 Å². The highest BCUT2D eigenvalue weighted by Gasteiger charge is 2.18. The molecule has 0 saturated carbocycles. The Balaban J connectivity index is 2.10. The molecule has 17 heavy (non-hydrogen) atoms. The van der Waals surface area contributed by atoms with Gasteiger partial charge in [-0.25, -0.2) is 9.97 Å². The van der Waals surface area contributed by atoms with E-state index in [0.29, 0.717) is 34.6 Å². The predicted octanol–water partition coefficient (Wildman–Crippen LogP) is 3.23. The second-order valence-corrected chi connectivity index (χ2v) is 4.81. The third kappa shape index (κ3) is 2.10. The van der Waals surface area contributed by atoms with Gasteiger partial charge < -0.3 is 9.15 Å². The van der Waals surface area contributed by atoms with Crippen molar-refractivity contribution >= 4 is 27.5 Å². The molecule has 88 valence electrons. The minimum Gasteiger partial charge on any atom is -0.446 e. The van der Waals surface area contributed by atoms with E-state index in [4.69, 9.17) is 20.8 Å². The summed E-state index contributed by atoms with van der Waals surface area (Å²) >= 11 is 9.37. The Bertz CT molecular complexity index is 571. The van der Waals surface area contributed by atoms with E-state index in [0.717, 1.165) is 17.7 Å². The largest absolute Gasteiger partial charge is 0.446 e. The first-order valence-electron chi connectivity index (χ1n) is 5.13. The Hall–Kier alpha value is -0.910. The molecule has 0 spiro atoms. The van der Waals surface area contributed by atoms with E-state index < -0.39 is 0 Å². The first-order valence-corrected chi connectivity index (χ1v) is 6.30. The summed E-state index contributed by atoms with van der Waals surface area (Å²) in [5.41, 5.74) is 1.83. The Morgan fingerprint density at radius 1 is 1.29 bits per heavy atom. The molecule has 3 rings (SSSR count). The van der Waals surface area contributed by atoms with Gasteiger partial charge in [0.1, 0.15) is 5.15 Å². The molecular formula is C11H8BrClN2O2. The van der Waals surface area contributed by atoms with Gasteiger partial charge in [0, 0.05) is 12.0 Å². The minimum atomic E-state index is 0.442. The fourth-order valence-electron chi connectivity index (χ4n) is 1.74. The number of nitrogens with zero attached hydrogens (tertiary/aromatic N) is 2. The fourth-order valence-corrected chi connectivity index (χ4v) is 2.29. The lowest BCUT2D eigenvalue weighted by Crippen LogP contribution is -2.14. The van der Waals surface area contributed by atoms with E-state index in [1.807, 2.05) is 6.07 Å². The number of ether oxygens (including phenoxy) is 1. The third-order valence-corrected chi connectivity index (χ3v) is 3.30. The molecule has 2 aromatic rings. The van der Waals surface area contributed by atoms with Crippen LogP contribution in [-0.4, -0.2) is 16.6 Å². The van der Waals surface area contributed by atoms with Gasteiger partial charge in [0.2, 0.25) is 0 Å². The van der Waals surface area contributed by atoms with E-state index in [-0.39, 0.29) is 0 Å². The quantitative estimate of drug-likeness (QED) is 0.758. The molecule has 0 amide bonds. The molecule has 3 heterocycles. The maximum absolute atomic E-state index is 6.12. The van der Waals surface area contributed by atoms with Crippen molar-refractivity contribution in [2.24, 2.45) is 0 Å². The number of rotatable bonds is 1. The summed E-state index contributed by atoms with van der Waals surface area (Å²) in [6.45, 7) is 1.15. The Kier molecular flexibility index (Phi) is 2.90. The minimum absolute atomic E-state index is 0.442. The summed E-state index contributed by atoms with van der Waals surface area (Å²) in [5, 5.41) is 0.442. The molecule has 4 nitrogen and oxygen atoms in total. The van der Waals surface area contributed by atoms with Gasteiger partial charge in [-0.05, 0) is 28.1 Å². The SMILES string of the molecule is Clc1nc(-c2ccc(Br)o2)nc2c1COCC2. The summed E-state index contributed by atoms with van der Waals surface area (Å²) in [6.07, 6.45) is 0.756. The number of aromatic nitrogens is 2. The summed E-state index contributed by atoms with van der Waals surface area (Å²) in [5.74, 6) is 1.12. The first-order chi connectivity index (χ1) is 8.24. The van der Waals surface area contributed by atoms with Crippen molar-refractivity contribution in [1.29, 1.82) is 0 Å². The summed E-state index contributed by atoms with van der Waals surface area (Å²) in [7, 11) is 0. The van der Waals surface area contributed by atoms with Crippen LogP contribution in [0.4, 0.5) is 0 Å². The number of halogens is 2. The average Bonchev–Trinajstić information content (AvgIpc) is 2.76. The zero-order valence-electron chi connectivity index (χ0n) is 8.74. The first kappa shape index (κ1) is 11.2. The molecule has 0 bridgehead atoms. The zero-order chi connectivity index (χ0) is 11.8. The Morgan fingerprint density at radius 3 is 2.94 bits per heavy atom. The molecule has 0 unspecified atom stereocenters. The maximum Gasteiger partial charge on any atom is 0.197 e. The fraction of sp³-hybridized carbons (Fsp3) is 0.273. The van der Waals surface area contributed by atoms with Gasteiger partial charge in [0.15, 0.2) is 16.3 Å². The van der Waals surface area contributed by atoms with Crippen molar-refractivity contribution in [3.05, 3.63) is 33.2 Å². The maximum atomic E-state index is 6.12. The lowest BCUT2D eigenvalue weighted by Gasteiger charge is -2.16. The van der Waals surface area contributed by atoms with Gasteiger partial charge in [-0.15, -0.1) is 0 Å². The topological polar surface area (TPSA) is 48.2 Å². The van der Waals surface area contributed by atoms with Crippen LogP contribution in [0.15, 0.2) is 21.2 Å². The Labute approximate surface area is 111 Å². The number of hydrogen-bond donors (Lipinski definition) is 0. The smallest absolute Gasteiger partial charge is 0.197 e. The lowest BCUT2D eigenvalue weighted by molar-refractivity contribution is 0.109. The second-order valence-electron chi connectivity index (χ2n) is 3.67. The highest BCUT2D eigenvalue weighted by molar-refractivity contribution is 9.10. The number of fused-ring (bicyclic) bond motifs is 1. The van der Waals surface area contributed by atoms with Crippen molar-refractivity contribution in [3.63, 3.8) is 0 Å². The van der Waals surface area contributed by atoms with Gasteiger partial charge in [-0.3, -0.25) is 0 Å². The van der Waals surface area contributed by atoms with Crippen LogP contribution in [0.25, 0.3) is 11.6 Å². The molecular weight excluding hydrogens is 307 g/mol. The van der Waals surface area contributed by atoms with Crippen LogP contribution in [0, 0.1) is 0 Å². The van der Waals surface area contributed by atoms with Crippen molar-refractivity contribution in [3.8, 4) is 11.6 Å². The van der Waals surface area contributed by atoms with Gasteiger partial charge >= 0.3 is 0 Å². The molecule has 6 heteroatoms. The van der Waals surface area contributed by atoms with E-state index in [1.165, 1.54) is 0 Å². The van der Waals surface area contributed by atoms with Gasteiger partial charge in [-0.2, -0.15) is 0 Å². The van der Waals surface area contributed by atoms with Gasteiger partial charge in [0.05, 0.1) is 18.9 Å². The molecule has 0 N–H and O–H groups in total. The molecule has 1 aliphatic rings. The van der Waals surface area contributed by atoms with Crippen LogP contribution < -0.4 is 0 Å². The van der Waals surface area contributed by atoms with Crippen LogP contribution in [0.3, 0.4) is 0 Å². The lowest BCUT2D eigenvalue weighted by atomic mass is 10.1. The highest BCUT2D eigenvalue weighted by Crippen LogP contribution is 2.27. The van der Waals surface area contributed by atoms with E-state index in [9.17, 15) is 0 Å². The molecule has 0 atom stereocenters. The molecule has 0 aliphatic carbocycles. The average molecular weight is 316 g/mol. The number of furan rings is 1. The Morgan fingerprint density at radius 2 is 2.18 bits per heavy atom. The summed E-state index contributed by atoms with van der Waals surface area (Å²) in [6, 6.07) is 3.61. The highest BCUT2D eigenvalue weighted by atomic mass is 79.9. The van der Waals surface area contributed by atoms with E-state index in [1.54, 1.807) is 6.07 Å². The zero-order valence-corrected chi connectivity index (χ0v) is 11.1. The van der Waals surface area contributed by atoms with Crippen LogP contribution in [0.2, 0.25) is 5.15 Å². The molecule has 0 aromatic carbocycles. The molecule has 0 radical (unpaired) electrons. The standard InChI is InChI=1S/C11H8BrClN2O2/c12-9-2-1-8(17-9)11-14-7-3-4-16-5-6(7)10(13)15-11/h1-2H,3-5H2. The van der Waals surface area contributed by atoms with Crippen LogP contribution in [0.5, 0.6) is 0 Å². The summed E-state index contributed by atoms with van der Waals surface area (Å²) in [4.78, 5) is 8.70. The van der Waals surface area contributed by atoms with Crippen LogP contribution in [0.1, 0.15) is 11.3 Å². The number of hydrogen-bond acceptors (Lipinski definition) is 4. The van der Waals surface area contributed by atoms with Crippen LogP contribution in [-0.2, 0) is 17.8 Å². The van der Waals surface area contributed by atoms with E-state index in [2.05, 4.69) is 25.9 Å². The molecule has 0 saturated heterocycles. The predicted molar refractivity (Wildman–Crippen MR) is 65.8 cm³/mol. The molecule has 1 aliphatic heterocycles. The van der Waals surface area contributed by atoms with Crippen molar-refractivity contribution in [1.82, 2.24) is 9.97 Å². The molecule has 0 fully saturated rings. The second kappa shape index (κ2) is 4.40. The normalized spacial score (nSPS) is 14.7. The van der Waals surface area contributed by atoms with E-state index >= 15 is 0 Å². The third-order valence-electron chi connectivity index (χ3n) is 2.57.